The van der Waals surface area contributed by atoms with Crippen molar-refractivity contribution in [3.05, 3.63) is 24.8 Å². The number of allylic oxidation sites excluding steroid dienone is 2. The highest BCUT2D eigenvalue weighted by Crippen LogP contribution is 2.12. The van der Waals surface area contributed by atoms with Crippen molar-refractivity contribution in [1.29, 1.82) is 0 Å². The molecule has 0 saturated carbocycles. The summed E-state index contributed by atoms with van der Waals surface area (Å²) < 4.78 is 0. The normalized spacial score (nSPS) is 11.2. The Bertz CT molecular complexity index is 184. The van der Waals surface area contributed by atoms with Crippen molar-refractivity contribution in [1.82, 2.24) is 0 Å². The molecule has 0 nitrogen and oxygen atoms in total. The maximum absolute atomic E-state index is 3.66. The van der Waals surface area contributed by atoms with Crippen LogP contribution in [0.4, 0.5) is 0 Å². The minimum Gasteiger partial charge on any atom is -0.158 e. The molecule has 0 unspecified atom stereocenters. The molecule has 0 bridgehead atoms. The van der Waals surface area contributed by atoms with Crippen LogP contribution < -0.4 is 0 Å². The summed E-state index contributed by atoms with van der Waals surface area (Å²) in [6, 6.07) is 0. The van der Waals surface area contributed by atoms with E-state index in [-0.39, 0.29) is 0 Å². The molecule has 0 aliphatic rings. The molecule has 0 aliphatic heterocycles. The highest BCUT2D eigenvalue weighted by Gasteiger charge is 1.92. The van der Waals surface area contributed by atoms with E-state index in [0.717, 1.165) is 5.75 Å². The van der Waals surface area contributed by atoms with Crippen molar-refractivity contribution in [3.8, 4) is 0 Å². The fourth-order valence-corrected chi connectivity index (χ4v) is 2.82. The predicted octanol–water partition coefficient (Wildman–Crippen LogP) is 6.38. The number of hydrogen-bond donors (Lipinski definition) is 0. The maximum Gasteiger partial charge on any atom is 0.0116 e. The Labute approximate surface area is 119 Å². The molecule has 0 aromatic rings. The molecular weight excluding hydrogens is 236 g/mol. The first-order valence-corrected chi connectivity index (χ1v) is 8.92. The first kappa shape index (κ1) is 17.8. The van der Waals surface area contributed by atoms with Crippen LogP contribution in [0.15, 0.2) is 24.8 Å². The molecule has 0 fully saturated rings. The minimum atomic E-state index is 1.14. The van der Waals surface area contributed by atoms with Gasteiger partial charge in [0, 0.05) is 5.75 Å². The van der Waals surface area contributed by atoms with Crippen LogP contribution >= 0.6 is 11.8 Å². The standard InChI is InChI=1S/C17H32S/c1-3-5-7-8-9-10-11-12-13-15-17-18-16-14-6-4-2/h4,6,14H,2-3,5,7-13,15-17H2,1H3/b14-6+. The summed E-state index contributed by atoms with van der Waals surface area (Å²) in [6.07, 6.45) is 20.4. The highest BCUT2D eigenvalue weighted by atomic mass is 32.2. The molecule has 0 N–H and O–H groups in total. The van der Waals surface area contributed by atoms with Gasteiger partial charge in [-0.25, -0.2) is 0 Å². The zero-order valence-corrected chi connectivity index (χ0v) is 13.1. The zero-order valence-electron chi connectivity index (χ0n) is 12.3. The van der Waals surface area contributed by atoms with Crippen LogP contribution in [0, 0.1) is 0 Å². The number of thioether (sulfide) groups is 1. The maximum atomic E-state index is 3.66. The lowest BCUT2D eigenvalue weighted by Crippen LogP contribution is -1.84. The fraction of sp³-hybridized carbons (Fsp3) is 0.765. The summed E-state index contributed by atoms with van der Waals surface area (Å²) in [5, 5.41) is 0. The van der Waals surface area contributed by atoms with E-state index in [1.165, 1.54) is 70.0 Å². The molecule has 0 rings (SSSR count). The number of rotatable bonds is 14. The SMILES string of the molecule is C=C/C=C/CSCCCCCCCCCCCC. The van der Waals surface area contributed by atoms with E-state index < -0.39 is 0 Å². The molecular formula is C17H32S. The molecule has 18 heavy (non-hydrogen) atoms. The highest BCUT2D eigenvalue weighted by molar-refractivity contribution is 7.99. The van der Waals surface area contributed by atoms with Gasteiger partial charge in [0.2, 0.25) is 0 Å². The van der Waals surface area contributed by atoms with Crippen molar-refractivity contribution in [3.63, 3.8) is 0 Å². The van der Waals surface area contributed by atoms with E-state index in [4.69, 9.17) is 0 Å². The molecule has 106 valence electrons. The molecule has 1 heteroatoms. The van der Waals surface area contributed by atoms with Gasteiger partial charge in [0.05, 0.1) is 0 Å². The van der Waals surface area contributed by atoms with Gasteiger partial charge < -0.3 is 0 Å². The Balaban J connectivity index is 2.94. The van der Waals surface area contributed by atoms with E-state index in [2.05, 4.69) is 19.6 Å². The first-order valence-electron chi connectivity index (χ1n) is 7.77. The number of unbranched alkanes of at least 4 members (excludes halogenated alkanes) is 9. The van der Waals surface area contributed by atoms with E-state index in [1.807, 2.05) is 23.9 Å². The second-order valence-corrected chi connectivity index (χ2v) is 6.07. The lowest BCUT2D eigenvalue weighted by Gasteiger charge is -2.02. The smallest absolute Gasteiger partial charge is 0.0116 e. The summed E-state index contributed by atoms with van der Waals surface area (Å²) in [5.41, 5.74) is 0. The number of hydrogen-bond acceptors (Lipinski definition) is 1. The third kappa shape index (κ3) is 15.8. The Morgan fingerprint density at radius 3 is 1.94 bits per heavy atom. The van der Waals surface area contributed by atoms with Crippen molar-refractivity contribution in [2.45, 2.75) is 71.1 Å². The lowest BCUT2D eigenvalue weighted by atomic mass is 10.1. The van der Waals surface area contributed by atoms with Crippen LogP contribution in [-0.2, 0) is 0 Å². The van der Waals surface area contributed by atoms with Crippen molar-refractivity contribution in [2.75, 3.05) is 11.5 Å². The van der Waals surface area contributed by atoms with Gasteiger partial charge in [-0.1, -0.05) is 89.5 Å². The molecule has 0 saturated heterocycles. The summed E-state index contributed by atoms with van der Waals surface area (Å²) in [4.78, 5) is 0. The summed E-state index contributed by atoms with van der Waals surface area (Å²) in [6.45, 7) is 5.95. The second kappa shape index (κ2) is 16.8. The molecule has 0 aromatic heterocycles. The Kier molecular flexibility index (Phi) is 16.7. The van der Waals surface area contributed by atoms with Crippen LogP contribution in [0.5, 0.6) is 0 Å². The van der Waals surface area contributed by atoms with Crippen molar-refractivity contribution in [2.24, 2.45) is 0 Å². The van der Waals surface area contributed by atoms with Crippen LogP contribution in [0.2, 0.25) is 0 Å². The topological polar surface area (TPSA) is 0 Å². The van der Waals surface area contributed by atoms with Gasteiger partial charge in [0.25, 0.3) is 0 Å². The lowest BCUT2D eigenvalue weighted by molar-refractivity contribution is 0.563. The molecule has 0 radical (unpaired) electrons. The average Bonchev–Trinajstić information content (AvgIpc) is 2.39. The fourth-order valence-electron chi connectivity index (χ4n) is 1.99. The van der Waals surface area contributed by atoms with Crippen LogP contribution in [0.1, 0.15) is 71.1 Å². The minimum absolute atomic E-state index is 1.14. The Morgan fingerprint density at radius 2 is 1.39 bits per heavy atom. The van der Waals surface area contributed by atoms with E-state index in [0.29, 0.717) is 0 Å². The van der Waals surface area contributed by atoms with Crippen LogP contribution in [-0.4, -0.2) is 11.5 Å². The summed E-state index contributed by atoms with van der Waals surface area (Å²) in [5.74, 6) is 2.46. The monoisotopic (exact) mass is 268 g/mol. The Morgan fingerprint density at radius 1 is 0.833 bits per heavy atom. The van der Waals surface area contributed by atoms with Gasteiger partial charge in [-0.3, -0.25) is 0 Å². The van der Waals surface area contributed by atoms with Gasteiger partial charge >= 0.3 is 0 Å². The summed E-state index contributed by atoms with van der Waals surface area (Å²) in [7, 11) is 0. The van der Waals surface area contributed by atoms with Crippen molar-refractivity contribution < 1.29 is 0 Å². The Hall–Kier alpha value is -0.170. The predicted molar refractivity (Wildman–Crippen MR) is 88.5 cm³/mol. The van der Waals surface area contributed by atoms with E-state index in [1.54, 1.807) is 0 Å². The van der Waals surface area contributed by atoms with Crippen LogP contribution in [0.25, 0.3) is 0 Å². The van der Waals surface area contributed by atoms with E-state index >= 15 is 0 Å². The van der Waals surface area contributed by atoms with E-state index in [9.17, 15) is 0 Å². The quantitative estimate of drug-likeness (QED) is 0.260. The van der Waals surface area contributed by atoms with Gasteiger partial charge in [-0.2, -0.15) is 11.8 Å². The molecule has 0 spiro atoms. The van der Waals surface area contributed by atoms with Crippen molar-refractivity contribution >= 4 is 11.8 Å². The molecule has 0 heterocycles. The summed E-state index contributed by atoms with van der Waals surface area (Å²) >= 11 is 2.04. The third-order valence-electron chi connectivity index (χ3n) is 3.13. The van der Waals surface area contributed by atoms with Gasteiger partial charge in [0.15, 0.2) is 0 Å². The van der Waals surface area contributed by atoms with Gasteiger partial charge in [-0.15, -0.1) is 0 Å². The van der Waals surface area contributed by atoms with Crippen LogP contribution in [0.3, 0.4) is 0 Å². The second-order valence-electron chi connectivity index (χ2n) is 4.92. The molecule has 0 amide bonds. The molecule has 0 aliphatic carbocycles. The first-order chi connectivity index (χ1) is 8.91. The molecule has 0 atom stereocenters. The molecule has 0 aromatic carbocycles. The third-order valence-corrected chi connectivity index (χ3v) is 4.13. The zero-order chi connectivity index (χ0) is 13.3. The average molecular weight is 269 g/mol. The largest absolute Gasteiger partial charge is 0.158 e. The van der Waals surface area contributed by atoms with Gasteiger partial charge in [-0.05, 0) is 12.2 Å². The van der Waals surface area contributed by atoms with Gasteiger partial charge in [0.1, 0.15) is 0 Å².